The van der Waals surface area contributed by atoms with Gasteiger partial charge in [0, 0.05) is 0 Å². The Morgan fingerprint density at radius 3 is 1.65 bits per heavy atom. The lowest BCUT2D eigenvalue weighted by atomic mass is 10.0. The van der Waals surface area contributed by atoms with Crippen molar-refractivity contribution in [3.8, 4) is 0 Å². The first-order valence-corrected chi connectivity index (χ1v) is 6.42. The van der Waals surface area contributed by atoms with E-state index in [1.165, 1.54) is 6.92 Å². The Bertz CT molecular complexity index is 312. The van der Waals surface area contributed by atoms with E-state index < -0.39 is 42.6 Å². The zero-order chi connectivity index (χ0) is 15.3. The highest BCUT2D eigenvalue weighted by Crippen LogP contribution is 2.25. The summed E-state index contributed by atoms with van der Waals surface area (Å²) in [7, 11) is 0. The molecule has 0 saturated carbocycles. The highest BCUT2D eigenvalue weighted by atomic mass is 16.7. The van der Waals surface area contributed by atoms with Crippen LogP contribution in [0.4, 0.5) is 0 Å². The van der Waals surface area contributed by atoms with Crippen LogP contribution >= 0.6 is 0 Å². The van der Waals surface area contributed by atoms with Crippen LogP contribution in [-0.4, -0.2) is 66.1 Å². The molecule has 1 unspecified atom stereocenters. The van der Waals surface area contributed by atoms with Crippen molar-refractivity contribution < 1.29 is 38.7 Å². The van der Waals surface area contributed by atoms with Gasteiger partial charge in [-0.25, -0.2) is 9.59 Å². The predicted molar refractivity (Wildman–Crippen MR) is 64.5 cm³/mol. The lowest BCUT2D eigenvalue weighted by Crippen LogP contribution is -2.49. The molecule has 0 aromatic carbocycles. The molecule has 8 nitrogen and oxygen atoms in total. The second-order valence-corrected chi connectivity index (χ2v) is 4.16. The number of aliphatic hydroxyl groups excluding tert-OH is 2. The molecule has 5 atom stereocenters. The monoisotopic (exact) mass is 292 g/mol. The molecule has 1 rings (SSSR count). The van der Waals surface area contributed by atoms with Crippen LogP contribution in [0, 0.1) is 0 Å². The molecule has 0 aromatic heterocycles. The van der Waals surface area contributed by atoms with Crippen LogP contribution in [0.25, 0.3) is 0 Å². The zero-order valence-electron chi connectivity index (χ0n) is 11.6. The third-order valence-electron chi connectivity index (χ3n) is 2.70. The van der Waals surface area contributed by atoms with Gasteiger partial charge in [0.15, 0.2) is 18.5 Å². The van der Waals surface area contributed by atoms with E-state index in [1.54, 1.807) is 13.8 Å². The van der Waals surface area contributed by atoms with Gasteiger partial charge in [0.05, 0.1) is 13.2 Å². The summed E-state index contributed by atoms with van der Waals surface area (Å²) < 4.78 is 19.8. The Labute approximate surface area is 116 Å². The smallest absolute Gasteiger partial charge is 0.337 e. The van der Waals surface area contributed by atoms with Crippen LogP contribution in [0.1, 0.15) is 20.8 Å². The average molecular weight is 292 g/mol. The number of aliphatic hydroxyl groups is 2. The number of hydrogen-bond acceptors (Lipinski definition) is 8. The van der Waals surface area contributed by atoms with Crippen molar-refractivity contribution in [2.24, 2.45) is 0 Å². The highest BCUT2D eigenvalue weighted by molar-refractivity contribution is 5.77. The molecule has 0 amide bonds. The van der Waals surface area contributed by atoms with Gasteiger partial charge in [-0.2, -0.15) is 0 Å². The molecule has 1 saturated heterocycles. The van der Waals surface area contributed by atoms with Gasteiger partial charge in [-0.1, -0.05) is 0 Å². The predicted octanol–water partition coefficient (Wildman–Crippen LogP) is -1.04. The van der Waals surface area contributed by atoms with Crippen molar-refractivity contribution in [1.82, 2.24) is 0 Å². The molecular weight excluding hydrogens is 272 g/mol. The molecule has 0 bridgehead atoms. The maximum Gasteiger partial charge on any atom is 0.337 e. The second kappa shape index (κ2) is 7.53. The van der Waals surface area contributed by atoms with Crippen LogP contribution in [-0.2, 0) is 28.5 Å². The topological polar surface area (TPSA) is 112 Å². The molecule has 1 fully saturated rings. The minimum atomic E-state index is -1.66. The summed E-state index contributed by atoms with van der Waals surface area (Å²) in [6, 6.07) is 0. The SMILES string of the molecule is CCOC(=O)[C@@H](O)[C@@H]1OC(C)O[C@@H]1[C@@H](O)C(=O)OCC. The van der Waals surface area contributed by atoms with Gasteiger partial charge in [0.25, 0.3) is 0 Å². The van der Waals surface area contributed by atoms with E-state index in [0.717, 1.165) is 0 Å². The number of carbonyl (C=O) groups excluding carboxylic acids is 2. The Hall–Kier alpha value is -1.22. The van der Waals surface area contributed by atoms with Crippen LogP contribution < -0.4 is 0 Å². The molecule has 0 spiro atoms. The van der Waals surface area contributed by atoms with Crippen LogP contribution in [0.3, 0.4) is 0 Å². The Kier molecular flexibility index (Phi) is 6.34. The van der Waals surface area contributed by atoms with Crippen molar-refractivity contribution in [3.63, 3.8) is 0 Å². The summed E-state index contributed by atoms with van der Waals surface area (Å²) in [5.41, 5.74) is 0. The molecule has 0 aromatic rings. The maximum absolute atomic E-state index is 11.5. The molecule has 1 aliphatic rings. The van der Waals surface area contributed by atoms with Gasteiger partial charge in [-0.05, 0) is 20.8 Å². The summed E-state index contributed by atoms with van der Waals surface area (Å²) in [6.45, 7) is 4.87. The van der Waals surface area contributed by atoms with Gasteiger partial charge in [-0.3, -0.25) is 0 Å². The minimum Gasteiger partial charge on any atom is -0.464 e. The van der Waals surface area contributed by atoms with Crippen molar-refractivity contribution in [3.05, 3.63) is 0 Å². The molecule has 1 heterocycles. The van der Waals surface area contributed by atoms with Crippen LogP contribution in [0.5, 0.6) is 0 Å². The summed E-state index contributed by atoms with van der Waals surface area (Å²) in [4.78, 5) is 23.0. The normalized spacial score (nSPS) is 28.8. The van der Waals surface area contributed by atoms with Crippen molar-refractivity contribution in [2.45, 2.75) is 51.5 Å². The number of hydrogen-bond donors (Lipinski definition) is 2. The van der Waals surface area contributed by atoms with E-state index in [0.29, 0.717) is 0 Å². The molecule has 0 aliphatic carbocycles. The van der Waals surface area contributed by atoms with Crippen LogP contribution in [0.15, 0.2) is 0 Å². The van der Waals surface area contributed by atoms with Crippen molar-refractivity contribution >= 4 is 11.9 Å². The molecule has 8 heteroatoms. The Morgan fingerprint density at radius 1 is 1.00 bits per heavy atom. The number of esters is 2. The summed E-state index contributed by atoms with van der Waals surface area (Å²) in [5, 5.41) is 19.7. The van der Waals surface area contributed by atoms with Gasteiger partial charge in [0.2, 0.25) is 0 Å². The molecule has 2 N–H and O–H groups in total. The summed E-state index contributed by atoms with van der Waals surface area (Å²) in [5.74, 6) is -1.81. The second-order valence-electron chi connectivity index (χ2n) is 4.16. The third-order valence-corrected chi connectivity index (χ3v) is 2.70. The molecule has 20 heavy (non-hydrogen) atoms. The molecule has 0 radical (unpaired) electrons. The van der Waals surface area contributed by atoms with Crippen molar-refractivity contribution in [1.29, 1.82) is 0 Å². The molecule has 116 valence electrons. The quantitative estimate of drug-likeness (QED) is 0.597. The van der Waals surface area contributed by atoms with E-state index >= 15 is 0 Å². The first kappa shape index (κ1) is 16.8. The van der Waals surface area contributed by atoms with E-state index in [-0.39, 0.29) is 13.2 Å². The fourth-order valence-electron chi connectivity index (χ4n) is 1.86. The fraction of sp³-hybridized carbons (Fsp3) is 0.833. The van der Waals surface area contributed by atoms with Crippen LogP contribution in [0.2, 0.25) is 0 Å². The first-order chi connectivity index (χ1) is 9.42. The van der Waals surface area contributed by atoms with E-state index in [4.69, 9.17) is 9.47 Å². The first-order valence-electron chi connectivity index (χ1n) is 6.42. The highest BCUT2D eigenvalue weighted by Gasteiger charge is 2.48. The largest absolute Gasteiger partial charge is 0.464 e. The van der Waals surface area contributed by atoms with E-state index in [1.807, 2.05) is 0 Å². The average Bonchev–Trinajstić information content (AvgIpc) is 2.79. The molecule has 1 aliphatic heterocycles. The van der Waals surface area contributed by atoms with Crippen molar-refractivity contribution in [2.75, 3.05) is 13.2 Å². The van der Waals surface area contributed by atoms with Gasteiger partial charge >= 0.3 is 11.9 Å². The zero-order valence-corrected chi connectivity index (χ0v) is 11.6. The van der Waals surface area contributed by atoms with Gasteiger partial charge in [0.1, 0.15) is 12.2 Å². The van der Waals surface area contributed by atoms with E-state index in [2.05, 4.69) is 9.47 Å². The summed E-state index contributed by atoms with van der Waals surface area (Å²) in [6.07, 6.45) is -6.51. The number of carbonyl (C=O) groups is 2. The lowest BCUT2D eigenvalue weighted by molar-refractivity contribution is -0.167. The Morgan fingerprint density at radius 2 is 1.35 bits per heavy atom. The minimum absolute atomic E-state index is 0.0874. The standard InChI is InChI=1S/C12H20O8/c1-4-17-11(15)7(13)9-10(20-6(3)19-9)8(14)12(16)18-5-2/h6-10,13-14H,4-5H2,1-3H3/t6?,7-,8+,9-,10+. The maximum atomic E-state index is 11.5. The van der Waals surface area contributed by atoms with E-state index in [9.17, 15) is 19.8 Å². The van der Waals surface area contributed by atoms with Gasteiger partial charge < -0.3 is 29.2 Å². The summed E-state index contributed by atoms with van der Waals surface area (Å²) >= 11 is 0. The third kappa shape index (κ3) is 3.89. The lowest BCUT2D eigenvalue weighted by Gasteiger charge is -2.23. The Balaban J connectivity index is 2.77. The number of ether oxygens (including phenoxy) is 4. The number of rotatable bonds is 6. The fourth-order valence-corrected chi connectivity index (χ4v) is 1.86. The molecular formula is C12H20O8. The van der Waals surface area contributed by atoms with Gasteiger partial charge in [-0.15, -0.1) is 0 Å².